The molecule has 2 N–H and O–H groups in total. The van der Waals surface area contributed by atoms with Gasteiger partial charge in [-0.15, -0.1) is 0 Å². The lowest BCUT2D eigenvalue weighted by Gasteiger charge is -2.15. The second-order valence-corrected chi connectivity index (χ2v) is 4.98. The van der Waals surface area contributed by atoms with Gasteiger partial charge in [0.1, 0.15) is 0 Å². The number of amides is 2. The molecule has 0 aliphatic carbocycles. The summed E-state index contributed by atoms with van der Waals surface area (Å²) in [5.74, 6) is -1.27. The summed E-state index contributed by atoms with van der Waals surface area (Å²) in [6.07, 6.45) is 2.39. The van der Waals surface area contributed by atoms with Crippen LogP contribution in [0.1, 0.15) is 40.0 Å². The van der Waals surface area contributed by atoms with Crippen LogP contribution in [0.3, 0.4) is 0 Å². The fraction of sp³-hybridized carbons (Fsp3) is 0.400. The van der Waals surface area contributed by atoms with Crippen LogP contribution < -0.4 is 5.32 Å². The van der Waals surface area contributed by atoms with E-state index in [1.165, 1.54) is 24.3 Å². The molecular weight excluding hydrogens is 272 g/mol. The summed E-state index contributed by atoms with van der Waals surface area (Å²) >= 11 is 0. The van der Waals surface area contributed by atoms with Gasteiger partial charge in [-0.05, 0) is 37.1 Å². The summed E-state index contributed by atoms with van der Waals surface area (Å²) in [7, 11) is 0. The quantitative estimate of drug-likeness (QED) is 0.851. The Morgan fingerprint density at radius 1 is 1.05 bits per heavy atom. The van der Waals surface area contributed by atoms with E-state index in [-0.39, 0.29) is 23.9 Å². The number of carboxylic acid groups (broad SMARTS) is 1. The summed E-state index contributed by atoms with van der Waals surface area (Å²) in [6, 6.07) is 5.68. The highest BCUT2D eigenvalue weighted by Gasteiger charge is 2.17. The second-order valence-electron chi connectivity index (χ2n) is 4.98. The Morgan fingerprint density at radius 3 is 2.19 bits per heavy atom. The van der Waals surface area contributed by atoms with Crippen molar-refractivity contribution < 1.29 is 19.5 Å². The van der Waals surface area contributed by atoms with Crippen LogP contribution in [0.5, 0.6) is 0 Å². The highest BCUT2D eigenvalue weighted by Crippen LogP contribution is 2.08. The Morgan fingerprint density at radius 2 is 1.62 bits per heavy atom. The van der Waals surface area contributed by atoms with E-state index < -0.39 is 5.97 Å². The number of likely N-dealkylation sites (tertiary alicyclic amines) is 1. The topological polar surface area (TPSA) is 86.7 Å². The van der Waals surface area contributed by atoms with Crippen LogP contribution in [0.4, 0.5) is 0 Å². The van der Waals surface area contributed by atoms with Crippen LogP contribution in [-0.2, 0) is 4.79 Å². The molecule has 21 heavy (non-hydrogen) atoms. The number of hydrogen-bond donors (Lipinski definition) is 2. The van der Waals surface area contributed by atoms with Crippen LogP contribution >= 0.6 is 0 Å². The molecule has 1 saturated heterocycles. The number of carbonyl (C=O) groups is 3. The van der Waals surface area contributed by atoms with Gasteiger partial charge in [-0.3, -0.25) is 9.59 Å². The Hall–Kier alpha value is -2.37. The minimum Gasteiger partial charge on any atom is -0.478 e. The third-order valence-corrected chi connectivity index (χ3v) is 3.48. The maximum atomic E-state index is 11.8. The lowest BCUT2D eigenvalue weighted by atomic mass is 10.1. The molecule has 1 aromatic rings. The predicted molar refractivity (Wildman–Crippen MR) is 76.2 cm³/mol. The molecular formula is C15H18N2O4. The van der Waals surface area contributed by atoms with E-state index in [0.29, 0.717) is 12.0 Å². The number of rotatable bonds is 5. The fourth-order valence-corrected chi connectivity index (χ4v) is 2.27. The maximum Gasteiger partial charge on any atom is 0.335 e. The van der Waals surface area contributed by atoms with Crippen molar-refractivity contribution in [2.24, 2.45) is 0 Å². The number of nitrogens with zero attached hydrogens (tertiary/aromatic N) is 1. The highest BCUT2D eigenvalue weighted by molar-refractivity contribution is 5.96. The molecule has 112 valence electrons. The molecule has 1 fully saturated rings. The molecule has 0 unspecified atom stereocenters. The minimum absolute atomic E-state index is 0.0639. The number of benzene rings is 1. The third kappa shape index (κ3) is 4.05. The standard InChI is InChI=1S/C15H18N2O4/c18-13(17-9-1-2-10-17)7-8-16-14(19)11-3-5-12(6-4-11)15(20)21/h3-6H,1-2,7-10H2,(H,16,19)(H,20,21). The van der Waals surface area contributed by atoms with Gasteiger partial charge in [-0.1, -0.05) is 0 Å². The van der Waals surface area contributed by atoms with Gasteiger partial charge in [-0.2, -0.15) is 0 Å². The van der Waals surface area contributed by atoms with E-state index in [1.54, 1.807) is 0 Å². The first-order chi connectivity index (χ1) is 10.1. The van der Waals surface area contributed by atoms with E-state index in [9.17, 15) is 14.4 Å². The molecule has 0 saturated carbocycles. The molecule has 0 spiro atoms. The third-order valence-electron chi connectivity index (χ3n) is 3.48. The lowest BCUT2D eigenvalue weighted by Crippen LogP contribution is -2.32. The number of aromatic carboxylic acids is 1. The van der Waals surface area contributed by atoms with Gasteiger partial charge in [0.2, 0.25) is 5.91 Å². The molecule has 1 heterocycles. The molecule has 6 heteroatoms. The van der Waals surface area contributed by atoms with Crippen LogP contribution in [0.15, 0.2) is 24.3 Å². The summed E-state index contributed by atoms with van der Waals surface area (Å²) in [5, 5.41) is 11.4. The average Bonchev–Trinajstić information content (AvgIpc) is 3.01. The van der Waals surface area contributed by atoms with Gasteiger partial charge in [0.25, 0.3) is 5.91 Å². The van der Waals surface area contributed by atoms with Crippen molar-refractivity contribution in [3.05, 3.63) is 35.4 Å². The molecule has 6 nitrogen and oxygen atoms in total. The van der Waals surface area contributed by atoms with E-state index in [2.05, 4.69) is 5.32 Å². The van der Waals surface area contributed by atoms with Crippen molar-refractivity contribution in [3.8, 4) is 0 Å². The first kappa shape index (κ1) is 15.0. The first-order valence-corrected chi connectivity index (χ1v) is 6.97. The number of nitrogens with one attached hydrogen (secondary N) is 1. The van der Waals surface area contributed by atoms with Gasteiger partial charge in [0, 0.05) is 31.6 Å². The van der Waals surface area contributed by atoms with Gasteiger partial charge < -0.3 is 15.3 Å². The van der Waals surface area contributed by atoms with Crippen molar-refractivity contribution in [3.63, 3.8) is 0 Å². The molecule has 0 atom stereocenters. The van der Waals surface area contributed by atoms with Gasteiger partial charge >= 0.3 is 5.97 Å². The molecule has 1 aromatic carbocycles. The lowest BCUT2D eigenvalue weighted by molar-refractivity contribution is -0.129. The van der Waals surface area contributed by atoms with Crippen molar-refractivity contribution in [1.82, 2.24) is 10.2 Å². The normalized spacial score (nSPS) is 14.0. The summed E-state index contributed by atoms with van der Waals surface area (Å²) in [5.41, 5.74) is 0.518. The van der Waals surface area contributed by atoms with E-state index in [0.717, 1.165) is 25.9 Å². The zero-order valence-electron chi connectivity index (χ0n) is 11.7. The Bertz CT molecular complexity index is 533. The van der Waals surface area contributed by atoms with E-state index in [4.69, 9.17) is 5.11 Å². The molecule has 1 aliphatic heterocycles. The van der Waals surface area contributed by atoms with Crippen molar-refractivity contribution >= 4 is 17.8 Å². The zero-order valence-corrected chi connectivity index (χ0v) is 11.7. The fourth-order valence-electron chi connectivity index (χ4n) is 2.27. The Balaban J connectivity index is 1.78. The molecule has 1 aliphatic rings. The number of hydrogen-bond acceptors (Lipinski definition) is 3. The number of carboxylic acids is 1. The van der Waals surface area contributed by atoms with Gasteiger partial charge in [-0.25, -0.2) is 4.79 Å². The van der Waals surface area contributed by atoms with Crippen molar-refractivity contribution in [1.29, 1.82) is 0 Å². The SMILES string of the molecule is O=C(O)c1ccc(C(=O)NCCC(=O)N2CCCC2)cc1. The second kappa shape index (κ2) is 6.88. The van der Waals surface area contributed by atoms with Gasteiger partial charge in [0.15, 0.2) is 0 Å². The van der Waals surface area contributed by atoms with E-state index >= 15 is 0 Å². The molecule has 2 amide bonds. The van der Waals surface area contributed by atoms with Gasteiger partial charge in [0.05, 0.1) is 5.56 Å². The minimum atomic E-state index is -1.03. The Labute approximate surface area is 122 Å². The first-order valence-electron chi connectivity index (χ1n) is 6.97. The summed E-state index contributed by atoms with van der Waals surface area (Å²) in [6.45, 7) is 1.90. The number of carbonyl (C=O) groups excluding carboxylic acids is 2. The summed E-state index contributed by atoms with van der Waals surface area (Å²) in [4.78, 5) is 36.2. The van der Waals surface area contributed by atoms with Crippen LogP contribution in [-0.4, -0.2) is 47.4 Å². The maximum absolute atomic E-state index is 11.8. The summed E-state index contributed by atoms with van der Waals surface area (Å²) < 4.78 is 0. The van der Waals surface area contributed by atoms with Crippen molar-refractivity contribution in [2.45, 2.75) is 19.3 Å². The predicted octanol–water partition coefficient (Wildman–Crippen LogP) is 1.13. The molecule has 2 rings (SSSR count). The van der Waals surface area contributed by atoms with Crippen LogP contribution in [0.25, 0.3) is 0 Å². The van der Waals surface area contributed by atoms with Crippen LogP contribution in [0, 0.1) is 0 Å². The van der Waals surface area contributed by atoms with Crippen LogP contribution in [0.2, 0.25) is 0 Å². The largest absolute Gasteiger partial charge is 0.478 e. The molecule has 0 radical (unpaired) electrons. The average molecular weight is 290 g/mol. The Kier molecular flexibility index (Phi) is 4.92. The molecule has 0 aromatic heterocycles. The highest BCUT2D eigenvalue weighted by atomic mass is 16.4. The van der Waals surface area contributed by atoms with E-state index in [1.807, 2.05) is 4.90 Å². The zero-order chi connectivity index (χ0) is 15.2. The smallest absolute Gasteiger partial charge is 0.335 e. The van der Waals surface area contributed by atoms with Crippen molar-refractivity contribution in [2.75, 3.05) is 19.6 Å². The monoisotopic (exact) mass is 290 g/mol. The molecule has 0 bridgehead atoms.